The Morgan fingerprint density at radius 3 is 2.59 bits per heavy atom. The first-order valence-corrected chi connectivity index (χ1v) is 11.5. The highest BCUT2D eigenvalue weighted by atomic mass is 16.5. The van der Waals surface area contributed by atoms with Crippen molar-refractivity contribution in [1.29, 1.82) is 0 Å². The highest BCUT2D eigenvalue weighted by molar-refractivity contribution is 5.79. The fourth-order valence-electron chi connectivity index (χ4n) is 4.17. The SMILES string of the molecule is CCOc1ccc(CCNC(=O)C2CCN(c3nc4ccccc4[nH]3)CC2)cc1OCC. The minimum Gasteiger partial charge on any atom is -0.490 e. The third-order valence-corrected chi connectivity index (χ3v) is 5.86. The van der Waals surface area contributed by atoms with Crippen molar-refractivity contribution in [3.63, 3.8) is 0 Å². The molecule has 2 aromatic carbocycles. The number of nitrogens with zero attached hydrogens (tertiary/aromatic N) is 2. The highest BCUT2D eigenvalue weighted by Crippen LogP contribution is 2.29. The molecule has 1 amide bonds. The van der Waals surface area contributed by atoms with Gasteiger partial charge in [0.15, 0.2) is 11.5 Å². The van der Waals surface area contributed by atoms with E-state index in [1.165, 1.54) is 0 Å². The molecule has 1 aromatic heterocycles. The summed E-state index contributed by atoms with van der Waals surface area (Å²) in [5, 5.41) is 3.12. The van der Waals surface area contributed by atoms with Gasteiger partial charge >= 0.3 is 0 Å². The quantitative estimate of drug-likeness (QED) is 0.531. The molecule has 1 fully saturated rings. The van der Waals surface area contributed by atoms with E-state index in [4.69, 9.17) is 9.47 Å². The number of imidazole rings is 1. The number of ether oxygens (including phenoxy) is 2. The second-order valence-electron chi connectivity index (χ2n) is 8.03. The number of para-hydroxylation sites is 2. The molecule has 3 aromatic rings. The van der Waals surface area contributed by atoms with Gasteiger partial charge in [0, 0.05) is 25.6 Å². The Balaban J connectivity index is 1.25. The fourth-order valence-corrected chi connectivity index (χ4v) is 4.17. The van der Waals surface area contributed by atoms with E-state index in [-0.39, 0.29) is 11.8 Å². The molecule has 0 bridgehead atoms. The maximum absolute atomic E-state index is 12.7. The van der Waals surface area contributed by atoms with Crippen LogP contribution in [0.25, 0.3) is 11.0 Å². The van der Waals surface area contributed by atoms with Crippen molar-refractivity contribution >= 4 is 22.9 Å². The minimum atomic E-state index is 0.0509. The average molecular weight is 437 g/mol. The van der Waals surface area contributed by atoms with Crippen LogP contribution in [0.5, 0.6) is 11.5 Å². The Labute approximate surface area is 189 Å². The predicted molar refractivity (Wildman–Crippen MR) is 127 cm³/mol. The molecule has 0 atom stereocenters. The maximum Gasteiger partial charge on any atom is 0.223 e. The van der Waals surface area contributed by atoms with Crippen LogP contribution < -0.4 is 19.7 Å². The van der Waals surface area contributed by atoms with Crippen molar-refractivity contribution in [1.82, 2.24) is 15.3 Å². The molecule has 0 saturated carbocycles. The second-order valence-corrected chi connectivity index (χ2v) is 8.03. The lowest BCUT2D eigenvalue weighted by molar-refractivity contribution is -0.125. The van der Waals surface area contributed by atoms with Crippen LogP contribution in [0.3, 0.4) is 0 Å². The number of benzene rings is 2. The van der Waals surface area contributed by atoms with Crippen molar-refractivity contribution in [3.8, 4) is 11.5 Å². The van der Waals surface area contributed by atoms with Gasteiger partial charge in [-0.1, -0.05) is 18.2 Å². The summed E-state index contributed by atoms with van der Waals surface area (Å²) in [6.45, 7) is 7.38. The number of anilines is 1. The molecule has 7 nitrogen and oxygen atoms in total. The van der Waals surface area contributed by atoms with Gasteiger partial charge in [-0.15, -0.1) is 0 Å². The van der Waals surface area contributed by atoms with E-state index in [0.29, 0.717) is 19.8 Å². The summed E-state index contributed by atoms with van der Waals surface area (Å²) >= 11 is 0. The Morgan fingerprint density at radius 1 is 1.09 bits per heavy atom. The highest BCUT2D eigenvalue weighted by Gasteiger charge is 2.26. The van der Waals surface area contributed by atoms with Gasteiger partial charge in [0.05, 0.1) is 24.2 Å². The number of piperidine rings is 1. The molecule has 0 unspecified atom stereocenters. The third kappa shape index (κ3) is 5.15. The zero-order valence-corrected chi connectivity index (χ0v) is 18.9. The number of aromatic amines is 1. The molecule has 4 rings (SSSR count). The molecule has 2 N–H and O–H groups in total. The molecule has 170 valence electrons. The predicted octanol–water partition coefficient (Wildman–Crippen LogP) is 3.94. The summed E-state index contributed by atoms with van der Waals surface area (Å²) in [6, 6.07) is 14.0. The molecule has 32 heavy (non-hydrogen) atoms. The van der Waals surface area contributed by atoms with E-state index in [2.05, 4.69) is 20.2 Å². The summed E-state index contributed by atoms with van der Waals surface area (Å²) < 4.78 is 11.3. The molecule has 7 heteroatoms. The Hall–Kier alpha value is -3.22. The summed E-state index contributed by atoms with van der Waals surface area (Å²) in [4.78, 5) is 23.0. The lowest BCUT2D eigenvalue weighted by Gasteiger charge is -2.31. The number of H-pyrrole nitrogens is 1. The summed E-state index contributed by atoms with van der Waals surface area (Å²) in [7, 11) is 0. The van der Waals surface area contributed by atoms with Crippen LogP contribution >= 0.6 is 0 Å². The number of rotatable bonds is 9. The Kier molecular flexibility index (Phi) is 7.14. The van der Waals surface area contributed by atoms with E-state index >= 15 is 0 Å². The minimum absolute atomic E-state index is 0.0509. The second kappa shape index (κ2) is 10.4. The molecular weight excluding hydrogens is 404 g/mol. The molecule has 0 radical (unpaired) electrons. The van der Waals surface area contributed by atoms with Crippen LogP contribution in [0.15, 0.2) is 42.5 Å². The lowest BCUT2D eigenvalue weighted by atomic mass is 9.96. The molecule has 1 saturated heterocycles. The smallest absolute Gasteiger partial charge is 0.223 e. The normalized spacial score (nSPS) is 14.5. The standard InChI is InChI=1S/C25H32N4O3/c1-3-31-22-10-9-18(17-23(22)32-4-2)11-14-26-24(30)19-12-15-29(16-13-19)25-27-20-7-5-6-8-21(20)28-25/h5-10,17,19H,3-4,11-16H2,1-2H3,(H,26,30)(H,27,28). The van der Waals surface area contributed by atoms with Crippen molar-refractivity contribution in [2.75, 3.05) is 37.7 Å². The average Bonchev–Trinajstić information content (AvgIpc) is 3.25. The molecule has 0 spiro atoms. The number of hydrogen-bond donors (Lipinski definition) is 2. The topological polar surface area (TPSA) is 79.5 Å². The Bertz CT molecular complexity index is 1010. The number of fused-ring (bicyclic) bond motifs is 1. The third-order valence-electron chi connectivity index (χ3n) is 5.86. The molecule has 0 aliphatic carbocycles. The van der Waals surface area contributed by atoms with Crippen molar-refractivity contribution in [3.05, 3.63) is 48.0 Å². The monoisotopic (exact) mass is 436 g/mol. The number of nitrogens with one attached hydrogen (secondary N) is 2. The number of hydrogen-bond acceptors (Lipinski definition) is 5. The van der Waals surface area contributed by atoms with Gasteiger partial charge in [0.2, 0.25) is 11.9 Å². The first kappa shape index (κ1) is 22.0. The number of amides is 1. The Morgan fingerprint density at radius 2 is 1.84 bits per heavy atom. The van der Waals surface area contributed by atoms with Crippen LogP contribution in [0.4, 0.5) is 5.95 Å². The summed E-state index contributed by atoms with van der Waals surface area (Å²) in [5.74, 6) is 2.61. The molecule has 1 aliphatic rings. The van der Waals surface area contributed by atoms with Crippen molar-refractivity contribution in [2.45, 2.75) is 33.1 Å². The zero-order valence-electron chi connectivity index (χ0n) is 18.9. The zero-order chi connectivity index (χ0) is 22.3. The lowest BCUT2D eigenvalue weighted by Crippen LogP contribution is -2.41. The van der Waals surface area contributed by atoms with Gasteiger partial charge in [-0.2, -0.15) is 0 Å². The van der Waals surface area contributed by atoms with E-state index in [0.717, 1.165) is 66.4 Å². The molecule has 1 aliphatic heterocycles. The largest absolute Gasteiger partial charge is 0.490 e. The van der Waals surface area contributed by atoms with Crippen LogP contribution in [0, 0.1) is 5.92 Å². The first-order chi connectivity index (χ1) is 15.7. The van der Waals surface area contributed by atoms with Gasteiger partial charge in [-0.3, -0.25) is 4.79 Å². The molecular formula is C25H32N4O3. The number of aromatic nitrogens is 2. The fraction of sp³-hybridized carbons (Fsp3) is 0.440. The van der Waals surface area contributed by atoms with Crippen molar-refractivity contribution < 1.29 is 14.3 Å². The number of carbonyl (C=O) groups excluding carboxylic acids is 1. The maximum atomic E-state index is 12.7. The van der Waals surface area contributed by atoms with E-state index in [1.54, 1.807) is 0 Å². The van der Waals surface area contributed by atoms with Crippen molar-refractivity contribution in [2.24, 2.45) is 5.92 Å². The van der Waals surface area contributed by atoms with E-state index < -0.39 is 0 Å². The van der Waals surface area contributed by atoms with Gasteiger partial charge < -0.3 is 24.7 Å². The van der Waals surface area contributed by atoms with Gasteiger partial charge in [-0.05, 0) is 62.9 Å². The number of carbonyl (C=O) groups is 1. The van der Waals surface area contributed by atoms with Gasteiger partial charge in [0.25, 0.3) is 0 Å². The van der Waals surface area contributed by atoms with Gasteiger partial charge in [0.1, 0.15) is 0 Å². The summed E-state index contributed by atoms with van der Waals surface area (Å²) in [5.41, 5.74) is 3.14. The van der Waals surface area contributed by atoms with Crippen LogP contribution in [0.2, 0.25) is 0 Å². The molecule has 2 heterocycles. The van der Waals surface area contributed by atoms with E-state index in [1.807, 2.05) is 56.3 Å². The van der Waals surface area contributed by atoms with Crippen LogP contribution in [-0.4, -0.2) is 48.7 Å². The first-order valence-electron chi connectivity index (χ1n) is 11.5. The van der Waals surface area contributed by atoms with Crippen LogP contribution in [0.1, 0.15) is 32.3 Å². The van der Waals surface area contributed by atoms with Gasteiger partial charge in [-0.25, -0.2) is 4.98 Å². The summed E-state index contributed by atoms with van der Waals surface area (Å²) in [6.07, 6.45) is 2.43. The van der Waals surface area contributed by atoms with E-state index in [9.17, 15) is 4.79 Å². The van der Waals surface area contributed by atoms with Crippen LogP contribution in [-0.2, 0) is 11.2 Å².